The molecule has 0 bridgehead atoms. The van der Waals surface area contributed by atoms with Gasteiger partial charge in [0.05, 0.1) is 0 Å². The Bertz CT molecular complexity index is 457. The lowest BCUT2D eigenvalue weighted by Gasteiger charge is -2.22. The summed E-state index contributed by atoms with van der Waals surface area (Å²) in [5, 5.41) is 6.42. The molecule has 1 aliphatic heterocycles. The molecule has 2 rings (SSSR count). The molecule has 0 aliphatic carbocycles. The summed E-state index contributed by atoms with van der Waals surface area (Å²) in [6.07, 6.45) is 2.07. The van der Waals surface area contributed by atoms with Gasteiger partial charge in [0.15, 0.2) is 0 Å². The van der Waals surface area contributed by atoms with Crippen molar-refractivity contribution >= 4 is 11.6 Å². The molecule has 1 aliphatic rings. The van der Waals surface area contributed by atoms with E-state index in [1.807, 2.05) is 33.2 Å². The quantitative estimate of drug-likeness (QED) is 0.867. The zero-order valence-corrected chi connectivity index (χ0v) is 12.0. The van der Waals surface area contributed by atoms with Gasteiger partial charge >= 0.3 is 0 Å². The molecule has 1 amide bonds. The molecular weight excluding hydrogens is 238 g/mol. The predicted molar refractivity (Wildman–Crippen MR) is 78.7 cm³/mol. The Labute approximate surface area is 115 Å². The molecule has 1 aromatic carbocycles. The van der Waals surface area contributed by atoms with Gasteiger partial charge in [-0.3, -0.25) is 4.79 Å². The number of carbonyl (C=O) groups excluding carboxylic acids is 1. The number of amides is 1. The van der Waals surface area contributed by atoms with Crippen LogP contribution in [0.5, 0.6) is 0 Å². The third kappa shape index (κ3) is 3.47. The molecule has 4 heteroatoms. The highest BCUT2D eigenvalue weighted by Gasteiger charge is 2.18. The molecular formula is C15H23N3O. The monoisotopic (exact) mass is 261 g/mol. The minimum atomic E-state index is 0.0369. The molecule has 0 spiro atoms. The number of anilines is 1. The van der Waals surface area contributed by atoms with Crippen molar-refractivity contribution in [1.82, 2.24) is 10.2 Å². The molecule has 104 valence electrons. The van der Waals surface area contributed by atoms with Crippen molar-refractivity contribution in [2.75, 3.05) is 32.5 Å². The van der Waals surface area contributed by atoms with E-state index in [1.165, 1.54) is 0 Å². The first kappa shape index (κ1) is 13.9. The van der Waals surface area contributed by atoms with E-state index in [0.29, 0.717) is 0 Å². The highest BCUT2D eigenvalue weighted by Crippen LogP contribution is 2.25. The Hall–Kier alpha value is -1.55. The van der Waals surface area contributed by atoms with Gasteiger partial charge in [0, 0.05) is 30.4 Å². The average Bonchev–Trinajstić information content (AvgIpc) is 2.36. The van der Waals surface area contributed by atoms with Crippen molar-refractivity contribution in [1.29, 1.82) is 0 Å². The van der Waals surface area contributed by atoms with Gasteiger partial charge in [0.25, 0.3) is 5.91 Å². The van der Waals surface area contributed by atoms with Crippen molar-refractivity contribution in [3.05, 3.63) is 29.3 Å². The number of hydrogen-bond donors (Lipinski definition) is 2. The van der Waals surface area contributed by atoms with Crippen molar-refractivity contribution in [2.24, 2.45) is 0 Å². The number of rotatable bonds is 4. The number of benzene rings is 1. The first-order valence-corrected chi connectivity index (χ1v) is 6.89. The van der Waals surface area contributed by atoms with E-state index in [0.717, 1.165) is 42.7 Å². The molecule has 0 aromatic heterocycles. The molecule has 0 saturated heterocycles. The minimum Gasteiger partial charge on any atom is -0.385 e. The second-order valence-electron chi connectivity index (χ2n) is 5.50. The Morgan fingerprint density at radius 3 is 3.00 bits per heavy atom. The Kier molecular flexibility index (Phi) is 4.43. The van der Waals surface area contributed by atoms with Gasteiger partial charge in [-0.1, -0.05) is 6.07 Å². The number of carbonyl (C=O) groups is 1. The summed E-state index contributed by atoms with van der Waals surface area (Å²) < 4.78 is 0. The van der Waals surface area contributed by atoms with Crippen LogP contribution in [0.15, 0.2) is 18.2 Å². The van der Waals surface area contributed by atoms with E-state index < -0.39 is 0 Å². The average molecular weight is 261 g/mol. The molecule has 19 heavy (non-hydrogen) atoms. The van der Waals surface area contributed by atoms with E-state index in [2.05, 4.69) is 21.6 Å². The van der Waals surface area contributed by atoms with Crippen LogP contribution >= 0.6 is 0 Å². The third-order valence-electron chi connectivity index (χ3n) is 3.36. The van der Waals surface area contributed by atoms with E-state index in [4.69, 9.17) is 0 Å². The lowest BCUT2D eigenvalue weighted by atomic mass is 9.97. The van der Waals surface area contributed by atoms with E-state index in [9.17, 15) is 4.79 Å². The van der Waals surface area contributed by atoms with Gasteiger partial charge in [-0.05, 0) is 51.6 Å². The highest BCUT2D eigenvalue weighted by atomic mass is 16.1. The minimum absolute atomic E-state index is 0.0369. The molecule has 4 nitrogen and oxygen atoms in total. The molecule has 1 unspecified atom stereocenters. The summed E-state index contributed by atoms with van der Waals surface area (Å²) in [7, 11) is 4.02. The molecule has 1 atom stereocenters. The second kappa shape index (κ2) is 6.06. The maximum Gasteiger partial charge on any atom is 0.251 e. The maximum absolute atomic E-state index is 12.4. The summed E-state index contributed by atoms with van der Waals surface area (Å²) in [6.45, 7) is 3.87. The highest BCUT2D eigenvalue weighted by molar-refractivity contribution is 5.97. The first-order chi connectivity index (χ1) is 9.08. The Balaban J connectivity index is 2.11. The van der Waals surface area contributed by atoms with E-state index in [1.54, 1.807) is 0 Å². The Morgan fingerprint density at radius 2 is 2.26 bits per heavy atom. The fraction of sp³-hybridized carbons (Fsp3) is 0.533. The van der Waals surface area contributed by atoms with Crippen molar-refractivity contribution < 1.29 is 4.79 Å². The number of hydrogen-bond acceptors (Lipinski definition) is 3. The predicted octanol–water partition coefficient (Wildman–Crippen LogP) is 1.72. The summed E-state index contributed by atoms with van der Waals surface area (Å²) in [6, 6.07) is 6.07. The molecule has 0 fully saturated rings. The zero-order chi connectivity index (χ0) is 13.8. The van der Waals surface area contributed by atoms with Gasteiger partial charge in [0.2, 0.25) is 0 Å². The number of nitrogens with one attached hydrogen (secondary N) is 2. The van der Waals surface area contributed by atoms with Crippen LogP contribution in [-0.4, -0.2) is 44.0 Å². The van der Waals surface area contributed by atoms with Crippen molar-refractivity contribution in [3.8, 4) is 0 Å². The smallest absolute Gasteiger partial charge is 0.251 e. The Morgan fingerprint density at radius 1 is 1.47 bits per heavy atom. The molecule has 1 heterocycles. The van der Waals surface area contributed by atoms with Crippen LogP contribution in [-0.2, 0) is 6.42 Å². The summed E-state index contributed by atoms with van der Waals surface area (Å²) >= 11 is 0. The zero-order valence-electron chi connectivity index (χ0n) is 12.0. The topological polar surface area (TPSA) is 44.4 Å². The van der Waals surface area contributed by atoms with Crippen LogP contribution in [0.1, 0.15) is 29.3 Å². The molecule has 1 aromatic rings. The van der Waals surface area contributed by atoms with Crippen molar-refractivity contribution in [2.45, 2.75) is 25.8 Å². The lowest BCUT2D eigenvalue weighted by Crippen LogP contribution is -2.40. The number of likely N-dealkylation sites (N-methyl/N-ethyl adjacent to an activating group) is 1. The fourth-order valence-electron chi connectivity index (χ4n) is 2.62. The first-order valence-electron chi connectivity index (χ1n) is 6.89. The van der Waals surface area contributed by atoms with Gasteiger partial charge in [-0.2, -0.15) is 0 Å². The standard InChI is InChI=1S/C15H23N3O/c1-11(10-18(2)3)17-15(19)13-6-4-8-14-12(13)7-5-9-16-14/h4,6,8,11,16H,5,7,9-10H2,1-3H3,(H,17,19). The van der Waals surface area contributed by atoms with Gasteiger partial charge in [-0.25, -0.2) is 0 Å². The van der Waals surface area contributed by atoms with E-state index in [-0.39, 0.29) is 11.9 Å². The van der Waals surface area contributed by atoms with Gasteiger partial charge in [0.1, 0.15) is 0 Å². The largest absolute Gasteiger partial charge is 0.385 e. The van der Waals surface area contributed by atoms with E-state index >= 15 is 0 Å². The number of nitrogens with zero attached hydrogens (tertiary/aromatic N) is 1. The number of fused-ring (bicyclic) bond motifs is 1. The third-order valence-corrected chi connectivity index (χ3v) is 3.36. The summed E-state index contributed by atoms with van der Waals surface area (Å²) in [5.41, 5.74) is 3.08. The van der Waals surface area contributed by atoms with Crippen molar-refractivity contribution in [3.63, 3.8) is 0 Å². The maximum atomic E-state index is 12.4. The second-order valence-corrected chi connectivity index (χ2v) is 5.50. The van der Waals surface area contributed by atoms with Gasteiger partial charge < -0.3 is 15.5 Å². The molecule has 0 radical (unpaired) electrons. The molecule has 2 N–H and O–H groups in total. The normalized spacial score (nSPS) is 15.6. The van der Waals surface area contributed by atoms with Crippen LogP contribution < -0.4 is 10.6 Å². The van der Waals surface area contributed by atoms with Crippen LogP contribution in [0.4, 0.5) is 5.69 Å². The summed E-state index contributed by atoms with van der Waals surface area (Å²) in [5.74, 6) is 0.0369. The van der Waals surface area contributed by atoms with Crippen LogP contribution in [0.3, 0.4) is 0 Å². The summed E-state index contributed by atoms with van der Waals surface area (Å²) in [4.78, 5) is 14.4. The van der Waals surface area contributed by atoms with Crippen LogP contribution in [0.2, 0.25) is 0 Å². The van der Waals surface area contributed by atoms with Gasteiger partial charge in [-0.15, -0.1) is 0 Å². The molecule has 0 saturated carbocycles. The van der Waals surface area contributed by atoms with Crippen LogP contribution in [0, 0.1) is 0 Å². The lowest BCUT2D eigenvalue weighted by molar-refractivity contribution is 0.0933. The SMILES string of the molecule is CC(CN(C)C)NC(=O)c1cccc2c1CCCN2. The van der Waals surface area contributed by atoms with Crippen LogP contribution in [0.25, 0.3) is 0 Å². The fourth-order valence-corrected chi connectivity index (χ4v) is 2.62.